The summed E-state index contributed by atoms with van der Waals surface area (Å²) in [5, 5.41) is 6.43. The Morgan fingerprint density at radius 2 is 2.06 bits per heavy atom. The Labute approximate surface area is 110 Å². The SMILES string of the molecule is CC(=O)Nc1ccc(Nc2cccc(Cl)c2)nc1. The number of hydrogen-bond donors (Lipinski definition) is 2. The van der Waals surface area contributed by atoms with Crippen LogP contribution in [0.1, 0.15) is 6.92 Å². The molecule has 0 aliphatic carbocycles. The zero-order chi connectivity index (χ0) is 13.0. The van der Waals surface area contributed by atoms with Crippen LogP contribution in [0, 0.1) is 0 Å². The molecule has 0 radical (unpaired) electrons. The third-order valence-electron chi connectivity index (χ3n) is 2.18. The molecule has 4 nitrogen and oxygen atoms in total. The minimum Gasteiger partial charge on any atom is -0.340 e. The van der Waals surface area contributed by atoms with Gasteiger partial charge in [-0.25, -0.2) is 4.98 Å². The molecule has 0 saturated heterocycles. The second kappa shape index (κ2) is 5.51. The molecule has 2 N–H and O–H groups in total. The van der Waals surface area contributed by atoms with Gasteiger partial charge >= 0.3 is 0 Å². The Kier molecular flexibility index (Phi) is 3.79. The van der Waals surface area contributed by atoms with E-state index in [1.165, 1.54) is 6.92 Å². The van der Waals surface area contributed by atoms with Gasteiger partial charge in [0.1, 0.15) is 5.82 Å². The predicted molar refractivity (Wildman–Crippen MR) is 73.3 cm³/mol. The molecule has 1 aromatic carbocycles. The lowest BCUT2D eigenvalue weighted by Crippen LogP contribution is -2.06. The van der Waals surface area contributed by atoms with Gasteiger partial charge in [-0.1, -0.05) is 17.7 Å². The molecule has 92 valence electrons. The molecule has 0 atom stereocenters. The standard InChI is InChI=1S/C13H12ClN3O/c1-9(18)16-12-5-6-13(15-8-12)17-11-4-2-3-10(14)7-11/h2-8H,1H3,(H,15,17)(H,16,18). The number of hydrogen-bond acceptors (Lipinski definition) is 3. The van der Waals surface area contributed by atoms with Crippen molar-refractivity contribution >= 4 is 34.7 Å². The van der Waals surface area contributed by atoms with E-state index in [1.54, 1.807) is 24.4 Å². The zero-order valence-electron chi connectivity index (χ0n) is 9.77. The maximum absolute atomic E-state index is 10.9. The summed E-state index contributed by atoms with van der Waals surface area (Å²) >= 11 is 5.89. The third kappa shape index (κ3) is 3.46. The van der Waals surface area contributed by atoms with E-state index in [0.29, 0.717) is 16.5 Å². The summed E-state index contributed by atoms with van der Waals surface area (Å²) in [6.45, 7) is 1.46. The lowest BCUT2D eigenvalue weighted by molar-refractivity contribution is -0.114. The van der Waals surface area contributed by atoms with Crippen molar-refractivity contribution in [1.82, 2.24) is 4.98 Å². The van der Waals surface area contributed by atoms with Crippen molar-refractivity contribution in [2.24, 2.45) is 0 Å². The van der Waals surface area contributed by atoms with Crippen LogP contribution in [-0.4, -0.2) is 10.9 Å². The van der Waals surface area contributed by atoms with Gasteiger partial charge in [-0.3, -0.25) is 4.79 Å². The number of amides is 1. The molecule has 18 heavy (non-hydrogen) atoms. The molecule has 2 aromatic rings. The first-order chi connectivity index (χ1) is 8.63. The van der Waals surface area contributed by atoms with Crippen LogP contribution in [0.3, 0.4) is 0 Å². The number of benzene rings is 1. The second-order valence-electron chi connectivity index (χ2n) is 3.75. The number of pyridine rings is 1. The van der Waals surface area contributed by atoms with Crippen molar-refractivity contribution in [1.29, 1.82) is 0 Å². The number of nitrogens with one attached hydrogen (secondary N) is 2. The number of carbonyl (C=O) groups excluding carboxylic acids is 1. The van der Waals surface area contributed by atoms with Crippen LogP contribution in [-0.2, 0) is 4.79 Å². The van der Waals surface area contributed by atoms with Gasteiger partial charge < -0.3 is 10.6 Å². The van der Waals surface area contributed by atoms with E-state index in [1.807, 2.05) is 18.2 Å². The fourth-order valence-electron chi connectivity index (χ4n) is 1.46. The van der Waals surface area contributed by atoms with Gasteiger partial charge in [0.2, 0.25) is 5.91 Å². The van der Waals surface area contributed by atoms with Gasteiger partial charge in [0.15, 0.2) is 0 Å². The molecule has 0 spiro atoms. The van der Waals surface area contributed by atoms with Crippen LogP contribution in [0.2, 0.25) is 5.02 Å². The summed E-state index contributed by atoms with van der Waals surface area (Å²) in [5.74, 6) is 0.568. The first kappa shape index (κ1) is 12.4. The van der Waals surface area contributed by atoms with Crippen LogP contribution < -0.4 is 10.6 Å². The van der Waals surface area contributed by atoms with Crippen molar-refractivity contribution < 1.29 is 4.79 Å². The topological polar surface area (TPSA) is 54.0 Å². The Hall–Kier alpha value is -2.07. The maximum Gasteiger partial charge on any atom is 0.221 e. The maximum atomic E-state index is 10.9. The lowest BCUT2D eigenvalue weighted by atomic mass is 10.3. The van der Waals surface area contributed by atoms with Crippen LogP contribution in [0.4, 0.5) is 17.2 Å². The van der Waals surface area contributed by atoms with Gasteiger partial charge in [-0.15, -0.1) is 0 Å². The van der Waals surface area contributed by atoms with E-state index in [9.17, 15) is 4.79 Å². The van der Waals surface area contributed by atoms with Gasteiger partial charge in [0, 0.05) is 17.6 Å². The second-order valence-corrected chi connectivity index (χ2v) is 4.19. The lowest BCUT2D eigenvalue weighted by Gasteiger charge is -2.07. The van der Waals surface area contributed by atoms with Gasteiger partial charge in [0.25, 0.3) is 0 Å². The molecule has 1 aromatic heterocycles. The smallest absolute Gasteiger partial charge is 0.221 e. The molecule has 0 saturated carbocycles. The summed E-state index contributed by atoms with van der Waals surface area (Å²) in [6.07, 6.45) is 1.59. The van der Waals surface area contributed by atoms with E-state index in [2.05, 4.69) is 15.6 Å². The van der Waals surface area contributed by atoms with Crippen molar-refractivity contribution in [3.8, 4) is 0 Å². The van der Waals surface area contributed by atoms with E-state index in [-0.39, 0.29) is 5.91 Å². The highest BCUT2D eigenvalue weighted by Gasteiger charge is 1.99. The summed E-state index contributed by atoms with van der Waals surface area (Å²) in [4.78, 5) is 15.0. The quantitative estimate of drug-likeness (QED) is 0.890. The van der Waals surface area contributed by atoms with Crippen LogP contribution in [0.15, 0.2) is 42.6 Å². The molecule has 2 rings (SSSR count). The van der Waals surface area contributed by atoms with Gasteiger partial charge in [0.05, 0.1) is 11.9 Å². The summed E-state index contributed by atoms with van der Waals surface area (Å²) < 4.78 is 0. The molecule has 1 heterocycles. The van der Waals surface area contributed by atoms with Crippen LogP contribution in [0.5, 0.6) is 0 Å². The average Bonchev–Trinajstić information content (AvgIpc) is 2.31. The summed E-state index contributed by atoms with van der Waals surface area (Å²) in [6, 6.07) is 10.9. The highest BCUT2D eigenvalue weighted by atomic mass is 35.5. The Balaban J connectivity index is 2.08. The van der Waals surface area contributed by atoms with Crippen LogP contribution in [0.25, 0.3) is 0 Å². The first-order valence-corrected chi connectivity index (χ1v) is 5.77. The normalized spacial score (nSPS) is 9.89. The molecule has 0 bridgehead atoms. The van der Waals surface area contributed by atoms with Gasteiger partial charge in [-0.05, 0) is 30.3 Å². The fraction of sp³-hybridized carbons (Fsp3) is 0.0769. The monoisotopic (exact) mass is 261 g/mol. The molecule has 5 heteroatoms. The van der Waals surface area contributed by atoms with E-state index >= 15 is 0 Å². The third-order valence-corrected chi connectivity index (χ3v) is 2.42. The van der Waals surface area contributed by atoms with E-state index in [4.69, 9.17) is 11.6 Å². The molecular formula is C13H12ClN3O. The molecular weight excluding hydrogens is 250 g/mol. The van der Waals surface area contributed by atoms with Crippen molar-refractivity contribution in [3.05, 3.63) is 47.6 Å². The Bertz CT molecular complexity index is 554. The highest BCUT2D eigenvalue weighted by molar-refractivity contribution is 6.30. The number of aromatic nitrogens is 1. The van der Waals surface area contributed by atoms with Crippen molar-refractivity contribution in [2.45, 2.75) is 6.92 Å². The summed E-state index contributed by atoms with van der Waals surface area (Å²) in [5.41, 5.74) is 1.53. The minimum atomic E-state index is -0.118. The molecule has 0 fully saturated rings. The Morgan fingerprint density at radius 3 is 2.67 bits per heavy atom. The average molecular weight is 262 g/mol. The predicted octanol–water partition coefficient (Wildman–Crippen LogP) is 3.44. The van der Waals surface area contributed by atoms with Crippen molar-refractivity contribution in [3.63, 3.8) is 0 Å². The number of nitrogens with zero attached hydrogens (tertiary/aromatic N) is 1. The van der Waals surface area contributed by atoms with E-state index in [0.717, 1.165) is 5.69 Å². The van der Waals surface area contributed by atoms with Crippen molar-refractivity contribution in [2.75, 3.05) is 10.6 Å². The molecule has 1 amide bonds. The number of carbonyl (C=O) groups is 1. The highest BCUT2D eigenvalue weighted by Crippen LogP contribution is 2.19. The number of halogens is 1. The largest absolute Gasteiger partial charge is 0.340 e. The fourth-order valence-corrected chi connectivity index (χ4v) is 1.65. The summed E-state index contributed by atoms with van der Waals surface area (Å²) in [7, 11) is 0. The Morgan fingerprint density at radius 1 is 1.22 bits per heavy atom. The molecule has 0 aliphatic rings. The van der Waals surface area contributed by atoms with Crippen LogP contribution >= 0.6 is 11.6 Å². The first-order valence-electron chi connectivity index (χ1n) is 5.40. The number of anilines is 3. The van der Waals surface area contributed by atoms with Gasteiger partial charge in [-0.2, -0.15) is 0 Å². The number of rotatable bonds is 3. The molecule has 0 aliphatic heterocycles. The molecule has 0 unspecified atom stereocenters. The minimum absolute atomic E-state index is 0.118. The zero-order valence-corrected chi connectivity index (χ0v) is 10.5. The van der Waals surface area contributed by atoms with E-state index < -0.39 is 0 Å².